The Morgan fingerprint density at radius 2 is 1.52 bits per heavy atom. The van der Waals surface area contributed by atoms with Crippen LogP contribution in [0.5, 0.6) is 0 Å². The molecule has 0 aliphatic heterocycles. The van der Waals surface area contributed by atoms with Gasteiger partial charge in [-0.3, -0.25) is 4.79 Å². The lowest BCUT2D eigenvalue weighted by Gasteiger charge is -2.55. The summed E-state index contributed by atoms with van der Waals surface area (Å²) >= 11 is 0. The highest BCUT2D eigenvalue weighted by Gasteiger charge is 2.54. The molecule has 0 spiro atoms. The molecule has 4 saturated carbocycles. The number of ether oxygens (including phenoxy) is 1. The molecule has 146 valence electrons. The number of ketones is 1. The van der Waals surface area contributed by atoms with E-state index in [1.807, 2.05) is 0 Å². The van der Waals surface area contributed by atoms with Gasteiger partial charge in [-0.15, -0.1) is 0 Å². The summed E-state index contributed by atoms with van der Waals surface area (Å²) in [5.41, 5.74) is 0.707. The van der Waals surface area contributed by atoms with Crippen LogP contribution >= 0.6 is 0 Å². The first kappa shape index (κ1) is 18.7. The van der Waals surface area contributed by atoms with Crippen LogP contribution in [0.4, 0.5) is 0 Å². The molecule has 4 bridgehead atoms. The van der Waals surface area contributed by atoms with Crippen LogP contribution in [0.15, 0.2) is 24.3 Å². The Morgan fingerprint density at radius 1 is 1.00 bits per heavy atom. The number of benzene rings is 1. The number of rotatable bonds is 6. The van der Waals surface area contributed by atoms with Gasteiger partial charge in [-0.25, -0.2) is 13.2 Å². The molecule has 0 saturated heterocycles. The summed E-state index contributed by atoms with van der Waals surface area (Å²) < 4.78 is 28.0. The lowest BCUT2D eigenvalue weighted by molar-refractivity contribution is -0.147. The second-order valence-corrected chi connectivity index (χ2v) is 11.1. The molecule has 0 radical (unpaired) electrons. The SMILES string of the molecule is CS(=O)(=O)Cc1ccc(C(=O)OCC(=O)C23CC4CC(CC(C4)C2)C3)cc1. The first-order valence-corrected chi connectivity index (χ1v) is 11.8. The van der Waals surface area contributed by atoms with E-state index in [2.05, 4.69) is 0 Å². The molecular formula is C21H26O5S. The molecule has 0 N–H and O–H groups in total. The van der Waals surface area contributed by atoms with Crippen LogP contribution in [-0.2, 0) is 25.1 Å². The van der Waals surface area contributed by atoms with E-state index in [4.69, 9.17) is 4.74 Å². The molecule has 4 aliphatic carbocycles. The van der Waals surface area contributed by atoms with Crippen LogP contribution < -0.4 is 0 Å². The Hall–Kier alpha value is -1.69. The fourth-order valence-electron chi connectivity index (χ4n) is 5.86. The molecule has 5 rings (SSSR count). The zero-order valence-electron chi connectivity index (χ0n) is 15.6. The van der Waals surface area contributed by atoms with Gasteiger partial charge in [0.05, 0.1) is 11.3 Å². The van der Waals surface area contributed by atoms with E-state index in [0.717, 1.165) is 19.3 Å². The minimum absolute atomic E-state index is 0.0627. The Morgan fingerprint density at radius 3 is 2.00 bits per heavy atom. The third-order valence-corrected chi connectivity index (χ3v) is 7.44. The molecule has 0 aromatic heterocycles. The molecule has 4 aliphatic rings. The van der Waals surface area contributed by atoms with Gasteiger partial charge in [0.25, 0.3) is 0 Å². The molecule has 6 heteroatoms. The average molecular weight is 391 g/mol. The van der Waals surface area contributed by atoms with E-state index in [1.54, 1.807) is 24.3 Å². The quantitative estimate of drug-likeness (QED) is 0.697. The lowest BCUT2D eigenvalue weighted by Crippen LogP contribution is -2.51. The van der Waals surface area contributed by atoms with Gasteiger partial charge in [-0.2, -0.15) is 0 Å². The highest BCUT2D eigenvalue weighted by molar-refractivity contribution is 7.89. The van der Waals surface area contributed by atoms with E-state index in [0.29, 0.717) is 28.9 Å². The minimum Gasteiger partial charge on any atom is -0.454 e. The third kappa shape index (κ3) is 3.96. The molecule has 4 fully saturated rings. The maximum Gasteiger partial charge on any atom is 0.338 e. The summed E-state index contributed by atoms with van der Waals surface area (Å²) in [6.07, 6.45) is 7.89. The lowest BCUT2D eigenvalue weighted by atomic mass is 9.48. The molecule has 0 amide bonds. The van der Waals surface area contributed by atoms with Gasteiger partial charge in [-0.05, 0) is 74.0 Å². The van der Waals surface area contributed by atoms with Crippen molar-refractivity contribution in [1.82, 2.24) is 0 Å². The van der Waals surface area contributed by atoms with Crippen molar-refractivity contribution in [2.45, 2.75) is 44.3 Å². The third-order valence-electron chi connectivity index (χ3n) is 6.58. The fraction of sp³-hybridized carbons (Fsp3) is 0.619. The zero-order chi connectivity index (χ0) is 19.2. The van der Waals surface area contributed by atoms with Gasteiger partial charge >= 0.3 is 5.97 Å². The molecule has 1 aromatic rings. The van der Waals surface area contributed by atoms with Gasteiger partial charge in [0.2, 0.25) is 0 Å². The molecule has 0 atom stereocenters. The Labute approximate surface area is 160 Å². The van der Waals surface area contributed by atoms with E-state index < -0.39 is 15.8 Å². The summed E-state index contributed by atoms with van der Waals surface area (Å²) in [5.74, 6) is 1.53. The highest BCUT2D eigenvalue weighted by Crippen LogP contribution is 2.60. The average Bonchev–Trinajstić information content (AvgIpc) is 2.57. The number of sulfone groups is 1. The second kappa shape index (κ2) is 6.73. The first-order chi connectivity index (χ1) is 12.7. The van der Waals surface area contributed by atoms with Crippen LogP contribution in [-0.4, -0.2) is 33.0 Å². The van der Waals surface area contributed by atoms with Gasteiger partial charge in [0, 0.05) is 11.7 Å². The summed E-state index contributed by atoms with van der Waals surface area (Å²) in [4.78, 5) is 25.2. The first-order valence-electron chi connectivity index (χ1n) is 9.69. The van der Waals surface area contributed by atoms with Crippen LogP contribution in [0, 0.1) is 23.2 Å². The standard InChI is InChI=1S/C21H26O5S/c1-27(24,25)13-14-2-4-18(5-3-14)20(23)26-12-19(22)21-9-15-6-16(10-21)8-17(7-15)11-21/h2-5,15-17H,6-13H2,1H3. The second-order valence-electron chi connectivity index (χ2n) is 8.96. The minimum atomic E-state index is -3.11. The topological polar surface area (TPSA) is 77.5 Å². The van der Waals surface area contributed by atoms with Crippen molar-refractivity contribution in [3.05, 3.63) is 35.4 Å². The summed E-state index contributed by atoms with van der Waals surface area (Å²) in [7, 11) is -3.11. The highest BCUT2D eigenvalue weighted by atomic mass is 32.2. The van der Waals surface area contributed by atoms with Crippen molar-refractivity contribution < 1.29 is 22.7 Å². The van der Waals surface area contributed by atoms with Crippen molar-refractivity contribution in [3.8, 4) is 0 Å². The smallest absolute Gasteiger partial charge is 0.338 e. The Bertz CT molecular complexity index is 818. The van der Waals surface area contributed by atoms with E-state index >= 15 is 0 Å². The van der Waals surface area contributed by atoms with Crippen molar-refractivity contribution in [2.24, 2.45) is 23.2 Å². The Balaban J connectivity index is 1.36. The van der Waals surface area contributed by atoms with Crippen LogP contribution in [0.2, 0.25) is 0 Å². The summed E-state index contributed by atoms with van der Waals surface area (Å²) in [6.45, 7) is -0.157. The monoisotopic (exact) mass is 390 g/mol. The molecule has 5 nitrogen and oxygen atoms in total. The molecule has 1 aromatic carbocycles. The Kier molecular flexibility index (Phi) is 4.65. The summed E-state index contributed by atoms with van der Waals surface area (Å²) in [5, 5.41) is 0. The molecular weight excluding hydrogens is 364 g/mol. The van der Waals surface area contributed by atoms with E-state index in [-0.39, 0.29) is 23.6 Å². The number of hydrogen-bond acceptors (Lipinski definition) is 5. The number of esters is 1. The molecule has 0 unspecified atom stereocenters. The van der Waals surface area contributed by atoms with Gasteiger partial charge in [0.15, 0.2) is 22.2 Å². The summed E-state index contributed by atoms with van der Waals surface area (Å²) in [6, 6.07) is 6.33. The number of Topliss-reactive ketones (excluding diaryl/α,β-unsaturated/α-hetero) is 1. The number of hydrogen-bond donors (Lipinski definition) is 0. The van der Waals surface area contributed by atoms with Crippen molar-refractivity contribution in [3.63, 3.8) is 0 Å². The van der Waals surface area contributed by atoms with E-state index in [1.165, 1.54) is 25.5 Å². The predicted molar refractivity (Wildman–Crippen MR) is 101 cm³/mol. The van der Waals surface area contributed by atoms with E-state index in [9.17, 15) is 18.0 Å². The van der Waals surface area contributed by atoms with Crippen LogP contribution in [0.3, 0.4) is 0 Å². The fourth-order valence-corrected chi connectivity index (χ4v) is 6.66. The van der Waals surface area contributed by atoms with Crippen molar-refractivity contribution in [1.29, 1.82) is 0 Å². The van der Waals surface area contributed by atoms with Crippen LogP contribution in [0.25, 0.3) is 0 Å². The maximum absolute atomic E-state index is 12.9. The maximum atomic E-state index is 12.9. The van der Waals surface area contributed by atoms with Crippen molar-refractivity contribution in [2.75, 3.05) is 12.9 Å². The van der Waals surface area contributed by atoms with Gasteiger partial charge in [-0.1, -0.05) is 12.1 Å². The number of carbonyl (C=O) groups excluding carboxylic acids is 2. The van der Waals surface area contributed by atoms with Gasteiger partial charge in [0.1, 0.15) is 0 Å². The predicted octanol–water partition coefficient (Wildman–Crippen LogP) is 3.17. The zero-order valence-corrected chi connectivity index (χ0v) is 16.5. The normalized spacial score (nSPS) is 31.7. The molecule has 0 heterocycles. The van der Waals surface area contributed by atoms with Crippen molar-refractivity contribution >= 4 is 21.6 Å². The largest absolute Gasteiger partial charge is 0.454 e. The van der Waals surface area contributed by atoms with Crippen LogP contribution in [0.1, 0.15) is 54.4 Å². The van der Waals surface area contributed by atoms with Gasteiger partial charge < -0.3 is 4.74 Å². The number of carbonyl (C=O) groups is 2. The molecule has 27 heavy (non-hydrogen) atoms.